The van der Waals surface area contributed by atoms with Crippen molar-refractivity contribution in [1.29, 1.82) is 0 Å². The van der Waals surface area contributed by atoms with E-state index in [1.165, 1.54) is 174 Å². The van der Waals surface area contributed by atoms with E-state index in [1.54, 1.807) is 16.3 Å². The van der Waals surface area contributed by atoms with Gasteiger partial charge in [-0.3, -0.25) is 0 Å². The zero-order chi connectivity index (χ0) is 34.6. The van der Waals surface area contributed by atoms with Gasteiger partial charge in [0.1, 0.15) is 0 Å². The molecule has 1 aromatic carbocycles. The number of halogens is 2. The Morgan fingerprint density at radius 3 is 1.59 bits per heavy atom. The topological polar surface area (TPSA) is 0 Å². The van der Waals surface area contributed by atoms with E-state index in [4.69, 9.17) is 0 Å². The summed E-state index contributed by atoms with van der Waals surface area (Å²) in [4.78, 5) is 2.88. The molecule has 0 bridgehead atoms. The van der Waals surface area contributed by atoms with E-state index >= 15 is 0 Å². The van der Waals surface area contributed by atoms with Gasteiger partial charge in [0.2, 0.25) is 0 Å². The second-order valence-electron chi connectivity index (χ2n) is 14.7. The molecule has 0 atom stereocenters. The molecule has 3 heterocycles. The average molecular weight is 841 g/mol. The highest BCUT2D eigenvalue weighted by Crippen LogP contribution is 2.55. The first-order valence-electron chi connectivity index (χ1n) is 19.8. The summed E-state index contributed by atoms with van der Waals surface area (Å²) in [6.45, 7) is 9.30. The molecule has 0 N–H and O–H groups in total. The maximum atomic E-state index is 3.97. The van der Waals surface area contributed by atoms with Crippen LogP contribution in [0.3, 0.4) is 0 Å². The Kier molecular flexibility index (Phi) is 15.9. The predicted molar refractivity (Wildman–Crippen MR) is 231 cm³/mol. The van der Waals surface area contributed by atoms with Crippen LogP contribution in [0.25, 0.3) is 32.0 Å². The molecule has 0 radical (unpaired) electrons. The van der Waals surface area contributed by atoms with Crippen LogP contribution in [0.4, 0.5) is 0 Å². The zero-order valence-corrected chi connectivity index (χ0v) is 36.8. The lowest BCUT2D eigenvalue weighted by molar-refractivity contribution is 0.405. The molecule has 266 valence electrons. The van der Waals surface area contributed by atoms with Gasteiger partial charge in [-0.05, 0) is 139 Å². The van der Waals surface area contributed by atoms with Crippen LogP contribution in [0.1, 0.15) is 165 Å². The summed E-state index contributed by atoms with van der Waals surface area (Å²) in [5.74, 6) is 0. The zero-order valence-electron chi connectivity index (χ0n) is 30.8. The first-order chi connectivity index (χ1) is 23.9. The van der Waals surface area contributed by atoms with Crippen molar-refractivity contribution < 1.29 is 0 Å². The number of rotatable bonds is 22. The average Bonchev–Trinajstić information content (AvgIpc) is 3.76. The summed E-state index contributed by atoms with van der Waals surface area (Å²) in [7, 11) is 0.106. The number of aryl methyl sites for hydroxylation is 2. The fraction of sp³-hybridized carbons (Fsp3) is 0.568. The van der Waals surface area contributed by atoms with Crippen LogP contribution >= 0.6 is 54.5 Å². The van der Waals surface area contributed by atoms with E-state index in [9.17, 15) is 0 Å². The highest BCUT2D eigenvalue weighted by atomic mass is 79.9. The van der Waals surface area contributed by atoms with Crippen LogP contribution in [0.2, 0.25) is 0 Å². The molecule has 1 aliphatic carbocycles. The van der Waals surface area contributed by atoms with Gasteiger partial charge in [-0.15, -0.1) is 22.7 Å². The number of hydrogen-bond acceptors (Lipinski definition) is 2. The number of unbranched alkanes of at least 4 members (excludes halogenated alkanes) is 12. The van der Waals surface area contributed by atoms with Crippen LogP contribution in [-0.4, -0.2) is 9.12 Å². The van der Waals surface area contributed by atoms with E-state index in [1.807, 2.05) is 22.7 Å². The molecule has 0 saturated heterocycles. The van der Waals surface area contributed by atoms with Gasteiger partial charge >= 0.3 is 0 Å². The lowest BCUT2D eigenvalue weighted by Gasteiger charge is -2.33. The maximum absolute atomic E-state index is 3.97. The SMILES string of the molecule is CCCCCCc1cc(-c2c[siH]c3c(c2)-c2ccc(-c4cc(CCCCCC)c(Br)s4)cc2C3(CCCCCC)CCCCCC)sc1Br. The number of fused-ring (bicyclic) bond motifs is 3. The lowest BCUT2D eigenvalue weighted by Crippen LogP contribution is -2.27. The Morgan fingerprint density at radius 2 is 1.06 bits per heavy atom. The second-order valence-corrected chi connectivity index (χ2v) is 20.6. The number of hydrogen-bond donors (Lipinski definition) is 0. The Bertz CT molecular complexity index is 1600. The summed E-state index contributed by atoms with van der Waals surface area (Å²) in [5.41, 5.74) is 13.5. The summed E-state index contributed by atoms with van der Waals surface area (Å²) in [6.07, 6.45) is 26.2. The van der Waals surface area contributed by atoms with Gasteiger partial charge in [-0.25, -0.2) is 0 Å². The van der Waals surface area contributed by atoms with Crippen LogP contribution in [0, 0.1) is 0 Å². The Hall–Kier alpha value is -0.853. The van der Waals surface area contributed by atoms with E-state index < -0.39 is 0 Å². The number of benzene rings is 1. The molecule has 0 amide bonds. The van der Waals surface area contributed by atoms with E-state index in [0.717, 1.165) is 0 Å². The maximum Gasteiger partial charge on any atom is 0.0737 e. The molecule has 5 heteroatoms. The van der Waals surface area contributed by atoms with Crippen molar-refractivity contribution in [3.05, 3.63) is 71.5 Å². The Labute approximate surface area is 326 Å². The van der Waals surface area contributed by atoms with Crippen molar-refractivity contribution in [3.8, 4) is 32.0 Å². The van der Waals surface area contributed by atoms with Crippen LogP contribution in [-0.2, 0) is 18.3 Å². The monoisotopic (exact) mass is 838 g/mol. The first kappa shape index (κ1) is 39.4. The van der Waals surface area contributed by atoms with Crippen LogP contribution in [0.15, 0.2) is 49.6 Å². The van der Waals surface area contributed by atoms with Gasteiger partial charge in [0, 0.05) is 24.3 Å². The molecule has 0 nitrogen and oxygen atoms in total. The molecule has 0 unspecified atom stereocenters. The second kappa shape index (κ2) is 19.8. The van der Waals surface area contributed by atoms with Crippen molar-refractivity contribution in [2.24, 2.45) is 0 Å². The standard InChI is InChI=1S/C44H60Br2S2Si/c1-5-9-13-17-21-33-29-39(47-42(33)45)32-23-24-36-37-27-35(40-30-34(43(46)48-40)22-18-14-10-6-2)31-49-41(37)44(38(36)28-32,25-19-15-11-7-3)26-20-16-12-8-4/h23-24,27-31,49H,5-22,25-26H2,1-4H3. The van der Waals surface area contributed by atoms with E-state index in [-0.39, 0.29) is 14.5 Å². The van der Waals surface area contributed by atoms with Crippen molar-refractivity contribution in [2.45, 2.75) is 162 Å². The molecule has 3 aromatic heterocycles. The minimum absolute atomic E-state index is 0.106. The molecular formula is C44H60Br2S2Si. The van der Waals surface area contributed by atoms with Gasteiger partial charge in [0.05, 0.1) is 7.57 Å². The van der Waals surface area contributed by atoms with E-state index in [2.05, 4.69) is 102 Å². The van der Waals surface area contributed by atoms with Gasteiger partial charge < -0.3 is 0 Å². The third-order valence-electron chi connectivity index (χ3n) is 11.0. The summed E-state index contributed by atoms with van der Waals surface area (Å²) >= 11 is 11.8. The lowest BCUT2D eigenvalue weighted by atomic mass is 9.73. The van der Waals surface area contributed by atoms with Gasteiger partial charge in [0.15, 0.2) is 0 Å². The predicted octanol–water partition coefficient (Wildman–Crippen LogP) is 16.2. The minimum atomic E-state index is 0.106. The quantitative estimate of drug-likeness (QED) is 0.0546. The molecule has 0 spiro atoms. The Morgan fingerprint density at radius 1 is 0.551 bits per heavy atom. The molecule has 49 heavy (non-hydrogen) atoms. The molecule has 0 saturated carbocycles. The van der Waals surface area contributed by atoms with Gasteiger partial charge in [-0.1, -0.05) is 135 Å². The summed E-state index contributed by atoms with van der Waals surface area (Å²) in [5, 5.41) is 1.80. The van der Waals surface area contributed by atoms with Gasteiger partial charge in [0.25, 0.3) is 0 Å². The molecule has 0 fully saturated rings. The molecule has 1 aliphatic rings. The van der Waals surface area contributed by atoms with Gasteiger partial charge in [-0.2, -0.15) is 0 Å². The van der Waals surface area contributed by atoms with Crippen molar-refractivity contribution in [1.82, 2.24) is 0 Å². The normalized spacial score (nSPS) is 13.3. The summed E-state index contributed by atoms with van der Waals surface area (Å²) < 4.78 is 2.67. The highest BCUT2D eigenvalue weighted by Gasteiger charge is 2.42. The molecule has 4 aromatic rings. The third-order valence-corrected chi connectivity index (χ3v) is 16.7. The smallest absolute Gasteiger partial charge is 0.0737 e. The Balaban J connectivity index is 1.54. The molecular weight excluding hydrogens is 781 g/mol. The fourth-order valence-electron chi connectivity index (χ4n) is 8.10. The first-order valence-corrected chi connectivity index (χ1v) is 24.3. The summed E-state index contributed by atoms with van der Waals surface area (Å²) in [6, 6.07) is 15.3. The van der Waals surface area contributed by atoms with Crippen LogP contribution < -0.4 is 0 Å². The van der Waals surface area contributed by atoms with Crippen LogP contribution in [0.5, 0.6) is 0 Å². The number of thiophene rings is 2. The van der Waals surface area contributed by atoms with Crippen molar-refractivity contribution in [2.75, 3.05) is 0 Å². The fourth-order valence-corrected chi connectivity index (χ4v) is 13.6. The largest absolute Gasteiger partial charge is 0.128 e. The minimum Gasteiger partial charge on any atom is -0.128 e. The molecule has 5 rings (SSSR count). The molecule has 0 aliphatic heterocycles. The van der Waals surface area contributed by atoms with Crippen molar-refractivity contribution >= 4 is 63.7 Å². The van der Waals surface area contributed by atoms with Crippen molar-refractivity contribution in [3.63, 3.8) is 0 Å². The van der Waals surface area contributed by atoms with E-state index in [0.29, 0.717) is 0 Å². The third kappa shape index (κ3) is 9.78. The highest BCUT2D eigenvalue weighted by molar-refractivity contribution is 9.11.